The number of rotatable bonds is 10. The van der Waals surface area contributed by atoms with E-state index in [0.29, 0.717) is 11.8 Å². The first kappa shape index (κ1) is 40.2. The van der Waals surface area contributed by atoms with Crippen molar-refractivity contribution in [2.24, 2.45) is 0 Å². The quantitative estimate of drug-likeness (QED) is 0.123. The molecule has 0 spiro atoms. The van der Waals surface area contributed by atoms with Crippen LogP contribution in [0, 0.1) is 0 Å². The Morgan fingerprint density at radius 1 is 0.542 bits per heavy atom. The van der Waals surface area contributed by atoms with E-state index in [4.69, 9.17) is 0 Å². The van der Waals surface area contributed by atoms with E-state index in [-0.39, 0.29) is 51.0 Å². The average molecular weight is 769 g/mol. The molecule has 6 aromatic carbocycles. The van der Waals surface area contributed by atoms with Gasteiger partial charge in [0.2, 0.25) is 0 Å². The van der Waals surface area contributed by atoms with Crippen molar-refractivity contribution in [1.82, 2.24) is 0 Å². The molecule has 0 heterocycles. The maximum atomic E-state index is 2.64. The van der Waals surface area contributed by atoms with Gasteiger partial charge >= 0.3 is 26.2 Å². The fourth-order valence-electron chi connectivity index (χ4n) is 7.84. The normalized spacial score (nSPS) is 11.5. The summed E-state index contributed by atoms with van der Waals surface area (Å²) in [6.45, 7) is 19.1. The second-order valence-electron chi connectivity index (χ2n) is 14.3. The molecule has 0 saturated carbocycles. The van der Waals surface area contributed by atoms with Crippen molar-refractivity contribution in [3.05, 3.63) is 119 Å². The van der Waals surface area contributed by atoms with Crippen molar-refractivity contribution in [2.45, 2.75) is 92.2 Å². The molecule has 0 nitrogen and oxygen atoms in total. The molecule has 248 valence electrons. The number of halogens is 2. The van der Waals surface area contributed by atoms with Crippen molar-refractivity contribution in [3.8, 4) is 22.3 Å². The summed E-state index contributed by atoms with van der Waals surface area (Å²) in [5.74, 6) is 1.07. The van der Waals surface area contributed by atoms with E-state index >= 15 is 0 Å². The average Bonchev–Trinajstić information content (AvgIpc) is 3.60. The van der Waals surface area contributed by atoms with Crippen LogP contribution in [0.5, 0.6) is 0 Å². The third-order valence-corrected chi connectivity index (χ3v) is 13.7. The van der Waals surface area contributed by atoms with Crippen LogP contribution in [0.2, 0.25) is 13.1 Å². The fourth-order valence-corrected chi connectivity index (χ4v) is 11.9. The number of aryl methyl sites for hydroxylation is 2. The van der Waals surface area contributed by atoms with Gasteiger partial charge in [-0.1, -0.05) is 139 Å². The van der Waals surface area contributed by atoms with Crippen LogP contribution in [0.4, 0.5) is 0 Å². The first-order valence-corrected chi connectivity index (χ1v) is 20.3. The Kier molecular flexibility index (Phi) is 14.0. The zero-order valence-corrected chi connectivity index (χ0v) is 34.9. The molecule has 0 N–H and O–H groups in total. The molecule has 0 atom stereocenters. The van der Waals surface area contributed by atoms with Gasteiger partial charge in [0.05, 0.1) is 0 Å². The van der Waals surface area contributed by atoms with Crippen LogP contribution in [0.3, 0.4) is 0 Å². The SMILES string of the molecule is CCCc1[cH-]c2cccc(-c3ccc(C(C)C)cc3)c2c1[Si](C)(C)c1c(CCC)[cH-]c2cccc(-c3ccc(C(C)C)cc3)c12.[Cl-].[Cl-].[Zr+4]. The van der Waals surface area contributed by atoms with Crippen molar-refractivity contribution >= 4 is 40.0 Å². The first-order chi connectivity index (χ1) is 21.6. The van der Waals surface area contributed by atoms with Gasteiger partial charge in [0, 0.05) is 8.07 Å². The van der Waals surface area contributed by atoms with Crippen molar-refractivity contribution in [3.63, 3.8) is 0 Å². The third kappa shape index (κ3) is 7.44. The van der Waals surface area contributed by atoms with E-state index in [1.54, 1.807) is 21.5 Å². The molecule has 0 saturated heterocycles. The topological polar surface area (TPSA) is 0 Å². The second-order valence-corrected chi connectivity index (χ2v) is 18.6. The van der Waals surface area contributed by atoms with E-state index in [2.05, 4.69) is 152 Å². The summed E-state index contributed by atoms with van der Waals surface area (Å²) < 4.78 is 0. The predicted octanol–water partition coefficient (Wildman–Crippen LogP) is 5.74. The van der Waals surface area contributed by atoms with Crippen LogP contribution in [-0.4, -0.2) is 8.07 Å². The van der Waals surface area contributed by atoms with Gasteiger partial charge in [-0.3, -0.25) is 0 Å². The van der Waals surface area contributed by atoms with Gasteiger partial charge in [-0.05, 0) is 46.9 Å². The zero-order valence-electron chi connectivity index (χ0n) is 30.0. The molecule has 0 radical (unpaired) electrons. The van der Waals surface area contributed by atoms with Crippen LogP contribution in [-0.2, 0) is 39.0 Å². The van der Waals surface area contributed by atoms with Crippen molar-refractivity contribution < 1.29 is 51.0 Å². The molecule has 4 heteroatoms. The number of benzene rings is 4. The fraction of sp³-hybridized carbons (Fsp3) is 0.318. The first-order valence-electron chi connectivity index (χ1n) is 17.3. The van der Waals surface area contributed by atoms with Crippen LogP contribution >= 0.6 is 0 Å². The molecule has 0 unspecified atom stereocenters. The minimum absolute atomic E-state index is 0. The smallest absolute Gasteiger partial charge is 1.00 e. The van der Waals surface area contributed by atoms with E-state index in [9.17, 15) is 0 Å². The zero-order chi connectivity index (χ0) is 31.9. The largest absolute Gasteiger partial charge is 4.00 e. The minimum Gasteiger partial charge on any atom is -1.00 e. The third-order valence-electron chi connectivity index (χ3n) is 10.1. The maximum Gasteiger partial charge on any atom is 4.00 e. The predicted molar refractivity (Wildman–Crippen MR) is 203 cm³/mol. The molecule has 0 bridgehead atoms. The summed E-state index contributed by atoms with van der Waals surface area (Å²) >= 11 is 0. The van der Waals surface area contributed by atoms with E-state index < -0.39 is 8.07 Å². The molecular formula is C44H50Cl2SiZr. The molecule has 6 aromatic rings. The van der Waals surface area contributed by atoms with Gasteiger partial charge in [0.15, 0.2) is 0 Å². The van der Waals surface area contributed by atoms with Gasteiger partial charge in [-0.15, -0.1) is 69.1 Å². The molecule has 0 fully saturated rings. The Labute approximate surface area is 322 Å². The van der Waals surface area contributed by atoms with E-state index in [1.165, 1.54) is 54.9 Å². The van der Waals surface area contributed by atoms with Crippen molar-refractivity contribution in [2.75, 3.05) is 0 Å². The Bertz CT molecular complexity index is 1800. The number of hydrogen-bond donors (Lipinski definition) is 0. The molecule has 0 aromatic heterocycles. The van der Waals surface area contributed by atoms with Gasteiger partial charge in [-0.25, -0.2) is 0 Å². The number of hydrogen-bond acceptors (Lipinski definition) is 0. The Morgan fingerprint density at radius 3 is 1.21 bits per heavy atom. The van der Waals surface area contributed by atoms with Crippen LogP contribution in [0.25, 0.3) is 43.8 Å². The number of fused-ring (bicyclic) bond motifs is 2. The molecule has 6 rings (SSSR count). The van der Waals surface area contributed by atoms with Crippen LogP contribution in [0.1, 0.15) is 88.5 Å². The molecule has 48 heavy (non-hydrogen) atoms. The second kappa shape index (κ2) is 16.7. The molecule has 0 amide bonds. The molecule has 0 aliphatic rings. The van der Waals surface area contributed by atoms with Crippen molar-refractivity contribution in [1.29, 1.82) is 0 Å². The van der Waals surface area contributed by atoms with Crippen LogP contribution in [0.15, 0.2) is 97.1 Å². The van der Waals surface area contributed by atoms with Gasteiger partial charge in [0.1, 0.15) is 0 Å². The molecule has 0 aliphatic heterocycles. The van der Waals surface area contributed by atoms with Gasteiger partial charge in [-0.2, -0.15) is 10.4 Å². The summed E-state index contributed by atoms with van der Waals surface area (Å²) in [7, 11) is -2.23. The Balaban J connectivity index is 0.00000208. The Hall–Kier alpha value is -2.22. The summed E-state index contributed by atoms with van der Waals surface area (Å²) in [5, 5.41) is 9.08. The van der Waals surface area contributed by atoms with E-state index in [1.807, 2.05) is 0 Å². The standard InChI is InChI=1S/C44H50Si.2ClH.Zr/c1-9-13-37-27-35-15-11-17-39(33-23-19-31(20-24-33)29(3)4)41(35)43(37)45(7,8)44-38(14-10-2)28-36-16-12-18-40(42(36)44)34-25-21-32(22-26-34)30(5)6;;;/h11-12,15-30H,9-10,13-14H2,1-8H3;2*1H;/q-2;;;+4/p-2. The van der Waals surface area contributed by atoms with E-state index in [0.717, 1.165) is 25.7 Å². The summed E-state index contributed by atoms with van der Waals surface area (Å²) in [6, 6.07) is 37.8. The molecular weight excluding hydrogens is 719 g/mol. The summed E-state index contributed by atoms with van der Waals surface area (Å²) in [5.41, 5.74) is 11.4. The van der Waals surface area contributed by atoms with Gasteiger partial charge < -0.3 is 24.8 Å². The Morgan fingerprint density at radius 2 is 0.896 bits per heavy atom. The minimum atomic E-state index is -2.23. The van der Waals surface area contributed by atoms with Gasteiger partial charge in [0.25, 0.3) is 0 Å². The molecule has 0 aliphatic carbocycles. The van der Waals surface area contributed by atoms with Crippen LogP contribution < -0.4 is 35.2 Å². The summed E-state index contributed by atoms with van der Waals surface area (Å²) in [4.78, 5) is 0. The summed E-state index contributed by atoms with van der Waals surface area (Å²) in [6.07, 6.45) is 4.56. The monoisotopic (exact) mass is 766 g/mol. The maximum absolute atomic E-state index is 2.64.